The van der Waals surface area contributed by atoms with Gasteiger partial charge in [0.1, 0.15) is 10.5 Å². The first-order chi connectivity index (χ1) is 7.69. The fourth-order valence-corrected chi connectivity index (χ4v) is 2.91. The first-order valence-electron chi connectivity index (χ1n) is 6.27. The molecule has 0 bridgehead atoms. The number of hydrogen-bond acceptors (Lipinski definition) is 2. The van der Waals surface area contributed by atoms with Gasteiger partial charge in [-0.25, -0.2) is 4.98 Å². The van der Waals surface area contributed by atoms with Crippen molar-refractivity contribution in [2.24, 2.45) is 5.92 Å². The van der Waals surface area contributed by atoms with Crippen LogP contribution in [0, 0.1) is 17.5 Å². The summed E-state index contributed by atoms with van der Waals surface area (Å²) in [5.41, 5.74) is 1.13. The first-order valence-corrected chi connectivity index (χ1v) is 6.67. The molecule has 1 aromatic heterocycles. The van der Waals surface area contributed by atoms with E-state index in [1.165, 1.54) is 32.1 Å². The van der Waals surface area contributed by atoms with Gasteiger partial charge in [-0.3, -0.25) is 0 Å². The Morgan fingerprint density at radius 3 is 2.62 bits per heavy atom. The van der Waals surface area contributed by atoms with Crippen molar-refractivity contribution < 1.29 is 0 Å². The van der Waals surface area contributed by atoms with E-state index in [0.29, 0.717) is 5.92 Å². The molecule has 0 radical (unpaired) electrons. The third-order valence-corrected chi connectivity index (χ3v) is 3.92. The van der Waals surface area contributed by atoms with Gasteiger partial charge in [0.05, 0.1) is 0 Å². The summed E-state index contributed by atoms with van der Waals surface area (Å²) in [6, 6.07) is 1.93. The molecule has 1 aromatic rings. The molecule has 0 aliphatic heterocycles. The molecule has 0 aromatic carbocycles. The van der Waals surface area contributed by atoms with Gasteiger partial charge in [0.15, 0.2) is 0 Å². The molecule has 2 nitrogen and oxygen atoms in total. The molecule has 1 fully saturated rings. The van der Waals surface area contributed by atoms with E-state index in [2.05, 4.69) is 23.8 Å². The van der Waals surface area contributed by atoms with Crippen LogP contribution < -0.4 is 0 Å². The van der Waals surface area contributed by atoms with E-state index in [9.17, 15) is 0 Å². The predicted molar refractivity (Wildman–Crippen MR) is 69.1 cm³/mol. The van der Waals surface area contributed by atoms with Gasteiger partial charge in [-0.05, 0) is 44.6 Å². The monoisotopic (exact) mass is 236 g/mol. The van der Waals surface area contributed by atoms with E-state index < -0.39 is 0 Å². The Bertz CT molecular complexity index is 403. The SMILES string of the molecule is CCC1CCC(c2nc(=S)cc(C)[nH]2)CC1. The Morgan fingerprint density at radius 2 is 2.06 bits per heavy atom. The van der Waals surface area contributed by atoms with E-state index in [-0.39, 0.29) is 0 Å². The van der Waals surface area contributed by atoms with Gasteiger partial charge in [0, 0.05) is 11.6 Å². The molecular formula is C13H20N2S. The van der Waals surface area contributed by atoms with Crippen LogP contribution in [-0.4, -0.2) is 9.97 Å². The molecule has 3 heteroatoms. The maximum atomic E-state index is 5.17. The van der Waals surface area contributed by atoms with E-state index in [4.69, 9.17) is 12.2 Å². The van der Waals surface area contributed by atoms with Gasteiger partial charge in [-0.15, -0.1) is 0 Å². The lowest BCUT2D eigenvalue weighted by Gasteiger charge is -2.27. The smallest absolute Gasteiger partial charge is 0.129 e. The second-order valence-electron chi connectivity index (χ2n) is 4.91. The highest BCUT2D eigenvalue weighted by atomic mass is 32.1. The first kappa shape index (κ1) is 11.8. The molecule has 1 heterocycles. The molecule has 0 spiro atoms. The third-order valence-electron chi connectivity index (χ3n) is 3.71. The summed E-state index contributed by atoms with van der Waals surface area (Å²) in [7, 11) is 0. The highest BCUT2D eigenvalue weighted by molar-refractivity contribution is 7.71. The average Bonchev–Trinajstić information content (AvgIpc) is 2.28. The largest absolute Gasteiger partial charge is 0.347 e. The Labute approximate surface area is 103 Å². The normalized spacial score (nSPS) is 25.6. The molecule has 1 aliphatic rings. The van der Waals surface area contributed by atoms with Gasteiger partial charge >= 0.3 is 0 Å². The number of aromatic amines is 1. The molecule has 88 valence electrons. The number of hydrogen-bond donors (Lipinski definition) is 1. The number of rotatable bonds is 2. The number of aromatic nitrogens is 2. The van der Waals surface area contributed by atoms with Gasteiger partial charge in [0.2, 0.25) is 0 Å². The quantitative estimate of drug-likeness (QED) is 0.782. The highest BCUT2D eigenvalue weighted by Crippen LogP contribution is 2.35. The predicted octanol–water partition coefficient (Wildman–Crippen LogP) is 4.13. The Hall–Kier alpha value is -0.700. The Balaban J connectivity index is 2.11. The van der Waals surface area contributed by atoms with Crippen molar-refractivity contribution in [3.8, 4) is 0 Å². The van der Waals surface area contributed by atoms with Crippen molar-refractivity contribution in [1.29, 1.82) is 0 Å². The number of H-pyrrole nitrogens is 1. The van der Waals surface area contributed by atoms with Crippen LogP contribution in [0.2, 0.25) is 0 Å². The lowest BCUT2D eigenvalue weighted by molar-refractivity contribution is 0.312. The molecule has 16 heavy (non-hydrogen) atoms. The van der Waals surface area contributed by atoms with Crippen LogP contribution in [0.3, 0.4) is 0 Å². The van der Waals surface area contributed by atoms with Gasteiger partial charge in [0.25, 0.3) is 0 Å². The minimum atomic E-state index is 0.601. The van der Waals surface area contributed by atoms with Crippen molar-refractivity contribution in [2.75, 3.05) is 0 Å². The molecule has 0 amide bonds. The van der Waals surface area contributed by atoms with Gasteiger partial charge in [-0.2, -0.15) is 0 Å². The van der Waals surface area contributed by atoms with Crippen molar-refractivity contribution in [2.45, 2.75) is 51.9 Å². The zero-order valence-electron chi connectivity index (χ0n) is 10.1. The zero-order chi connectivity index (χ0) is 11.5. The molecule has 0 saturated heterocycles. The van der Waals surface area contributed by atoms with Crippen LogP contribution in [0.1, 0.15) is 56.5 Å². The summed E-state index contributed by atoms with van der Waals surface area (Å²) in [4.78, 5) is 7.84. The second-order valence-corrected chi connectivity index (χ2v) is 5.33. The van der Waals surface area contributed by atoms with Crippen molar-refractivity contribution in [3.05, 3.63) is 22.2 Å². The van der Waals surface area contributed by atoms with Crippen LogP contribution in [-0.2, 0) is 0 Å². The van der Waals surface area contributed by atoms with Crippen LogP contribution in [0.5, 0.6) is 0 Å². The van der Waals surface area contributed by atoms with E-state index in [0.717, 1.165) is 22.1 Å². The lowest BCUT2D eigenvalue weighted by Crippen LogP contribution is -2.15. The Morgan fingerprint density at radius 1 is 1.38 bits per heavy atom. The lowest BCUT2D eigenvalue weighted by atomic mass is 9.80. The number of aryl methyl sites for hydroxylation is 1. The molecule has 0 unspecified atom stereocenters. The number of nitrogens with zero attached hydrogens (tertiary/aromatic N) is 1. The van der Waals surface area contributed by atoms with E-state index in [1.807, 2.05) is 6.07 Å². The summed E-state index contributed by atoms with van der Waals surface area (Å²) < 4.78 is 0.726. The van der Waals surface area contributed by atoms with Crippen LogP contribution in [0.15, 0.2) is 6.07 Å². The third kappa shape index (κ3) is 2.70. The van der Waals surface area contributed by atoms with Crippen LogP contribution in [0.4, 0.5) is 0 Å². The number of nitrogens with one attached hydrogen (secondary N) is 1. The molecule has 1 aliphatic carbocycles. The molecule has 0 atom stereocenters. The molecule has 1 N–H and O–H groups in total. The fraction of sp³-hybridized carbons (Fsp3) is 0.692. The topological polar surface area (TPSA) is 28.7 Å². The highest BCUT2D eigenvalue weighted by Gasteiger charge is 2.22. The maximum absolute atomic E-state index is 5.17. The van der Waals surface area contributed by atoms with Crippen LogP contribution >= 0.6 is 12.2 Å². The minimum Gasteiger partial charge on any atom is -0.347 e. The standard InChI is InChI=1S/C13H20N2S/c1-3-10-4-6-11(7-5-10)13-14-9(2)8-12(16)15-13/h8,10-11H,3-7H2,1-2H3,(H,14,15,16). The van der Waals surface area contributed by atoms with Crippen molar-refractivity contribution in [1.82, 2.24) is 9.97 Å². The molecule has 2 rings (SSSR count). The summed E-state index contributed by atoms with van der Waals surface area (Å²) in [6.07, 6.45) is 6.54. The average molecular weight is 236 g/mol. The zero-order valence-corrected chi connectivity index (χ0v) is 10.9. The molecule has 1 saturated carbocycles. The maximum Gasteiger partial charge on any atom is 0.129 e. The summed E-state index contributed by atoms with van der Waals surface area (Å²) in [5, 5.41) is 0. The van der Waals surface area contributed by atoms with E-state index in [1.54, 1.807) is 0 Å². The van der Waals surface area contributed by atoms with Crippen LogP contribution in [0.25, 0.3) is 0 Å². The van der Waals surface area contributed by atoms with E-state index >= 15 is 0 Å². The van der Waals surface area contributed by atoms with Crippen molar-refractivity contribution >= 4 is 12.2 Å². The minimum absolute atomic E-state index is 0.601. The summed E-state index contributed by atoms with van der Waals surface area (Å²) >= 11 is 5.17. The summed E-state index contributed by atoms with van der Waals surface area (Å²) in [5.74, 6) is 2.65. The fourth-order valence-electron chi connectivity index (χ4n) is 2.64. The Kier molecular flexibility index (Phi) is 3.74. The molecular weight excluding hydrogens is 216 g/mol. The van der Waals surface area contributed by atoms with Crippen molar-refractivity contribution in [3.63, 3.8) is 0 Å². The summed E-state index contributed by atoms with van der Waals surface area (Å²) in [6.45, 7) is 4.35. The second kappa shape index (κ2) is 5.09. The van der Waals surface area contributed by atoms with Gasteiger partial charge < -0.3 is 4.98 Å². The van der Waals surface area contributed by atoms with Gasteiger partial charge in [-0.1, -0.05) is 25.6 Å².